The van der Waals surface area contributed by atoms with Crippen LogP contribution in [0.4, 0.5) is 5.82 Å². The van der Waals surface area contributed by atoms with E-state index in [1.165, 1.54) is 24.9 Å². The Hall–Kier alpha value is -1.09. The summed E-state index contributed by atoms with van der Waals surface area (Å²) in [5, 5.41) is 3.39. The number of nitrogens with one attached hydrogen (secondary N) is 1. The summed E-state index contributed by atoms with van der Waals surface area (Å²) in [5.41, 5.74) is 1.21. The molecule has 2 heterocycles. The molecule has 0 bridgehead atoms. The number of likely N-dealkylation sites (tertiary alicyclic amines) is 1. The van der Waals surface area contributed by atoms with Crippen LogP contribution < -0.4 is 5.32 Å². The minimum Gasteiger partial charge on any atom is -0.369 e. The number of rotatable bonds is 3. The van der Waals surface area contributed by atoms with Gasteiger partial charge in [-0.15, -0.1) is 0 Å². The zero-order chi connectivity index (χ0) is 10.7. The fourth-order valence-corrected chi connectivity index (χ4v) is 2.03. The van der Waals surface area contributed by atoms with Gasteiger partial charge in [-0.2, -0.15) is 0 Å². The third-order valence-corrected chi connectivity index (χ3v) is 3.10. The number of pyridine rings is 1. The zero-order valence-corrected chi connectivity index (χ0v) is 9.53. The van der Waals surface area contributed by atoms with E-state index in [1.807, 2.05) is 12.3 Å². The van der Waals surface area contributed by atoms with Gasteiger partial charge in [0.2, 0.25) is 0 Å². The highest BCUT2D eigenvalue weighted by molar-refractivity contribution is 5.35. The quantitative estimate of drug-likeness (QED) is 0.817. The Morgan fingerprint density at radius 2 is 2.40 bits per heavy atom. The zero-order valence-electron chi connectivity index (χ0n) is 9.53. The molecule has 0 spiro atoms. The molecule has 1 aromatic rings. The van der Waals surface area contributed by atoms with E-state index in [1.54, 1.807) is 0 Å². The van der Waals surface area contributed by atoms with E-state index in [4.69, 9.17) is 0 Å². The number of nitrogens with zero attached hydrogens (tertiary/aromatic N) is 2. The van der Waals surface area contributed by atoms with E-state index in [-0.39, 0.29) is 0 Å². The molecule has 1 aliphatic rings. The smallest absolute Gasteiger partial charge is 0.125 e. The first kappa shape index (κ1) is 10.4. The van der Waals surface area contributed by atoms with Crippen molar-refractivity contribution in [3.05, 3.63) is 23.9 Å². The number of hydrogen-bond acceptors (Lipinski definition) is 3. The van der Waals surface area contributed by atoms with Gasteiger partial charge >= 0.3 is 0 Å². The topological polar surface area (TPSA) is 28.2 Å². The maximum atomic E-state index is 4.33. The number of anilines is 1. The summed E-state index contributed by atoms with van der Waals surface area (Å²) < 4.78 is 0. The van der Waals surface area contributed by atoms with E-state index in [2.05, 4.69) is 35.2 Å². The molecule has 0 aliphatic carbocycles. The van der Waals surface area contributed by atoms with E-state index in [0.29, 0.717) is 6.04 Å². The summed E-state index contributed by atoms with van der Waals surface area (Å²) in [4.78, 5) is 6.75. The highest BCUT2D eigenvalue weighted by Crippen LogP contribution is 2.15. The van der Waals surface area contributed by atoms with Gasteiger partial charge in [-0.1, -0.05) is 6.07 Å². The summed E-state index contributed by atoms with van der Waals surface area (Å²) in [5.74, 6) is 0.987. The van der Waals surface area contributed by atoms with Gasteiger partial charge in [-0.25, -0.2) is 4.98 Å². The summed E-state index contributed by atoms with van der Waals surface area (Å²) in [6.45, 7) is 4.29. The Morgan fingerprint density at radius 1 is 1.53 bits per heavy atom. The van der Waals surface area contributed by atoms with Crippen molar-refractivity contribution in [2.24, 2.45) is 0 Å². The number of aryl methyl sites for hydroxylation is 1. The van der Waals surface area contributed by atoms with Crippen molar-refractivity contribution >= 4 is 5.82 Å². The number of hydrogen-bond donors (Lipinski definition) is 1. The monoisotopic (exact) mass is 205 g/mol. The molecule has 0 saturated carbocycles. The molecular formula is C12H19N3. The molecule has 3 nitrogen and oxygen atoms in total. The number of likely N-dealkylation sites (N-methyl/N-ethyl adjacent to an activating group) is 1. The van der Waals surface area contributed by atoms with Gasteiger partial charge < -0.3 is 10.2 Å². The van der Waals surface area contributed by atoms with Crippen LogP contribution in [0.15, 0.2) is 18.3 Å². The second-order valence-electron chi connectivity index (χ2n) is 4.38. The Labute approximate surface area is 91.5 Å². The molecule has 1 aliphatic heterocycles. The second-order valence-corrected chi connectivity index (χ2v) is 4.38. The molecule has 1 N–H and O–H groups in total. The van der Waals surface area contributed by atoms with E-state index < -0.39 is 0 Å². The maximum absolute atomic E-state index is 4.33. The molecule has 1 fully saturated rings. The summed E-state index contributed by atoms with van der Waals surface area (Å²) >= 11 is 0. The average molecular weight is 205 g/mol. The van der Waals surface area contributed by atoms with Crippen LogP contribution >= 0.6 is 0 Å². The lowest BCUT2D eigenvalue weighted by molar-refractivity contribution is 0.322. The molecule has 0 radical (unpaired) electrons. The third kappa shape index (κ3) is 2.69. The normalized spacial score (nSPS) is 21.9. The predicted molar refractivity (Wildman–Crippen MR) is 63.1 cm³/mol. The Balaban J connectivity index is 1.85. The van der Waals surface area contributed by atoms with Gasteiger partial charge in [0.15, 0.2) is 0 Å². The first-order chi connectivity index (χ1) is 7.25. The number of aromatic nitrogens is 1. The Bertz CT molecular complexity index is 307. The van der Waals surface area contributed by atoms with Crippen molar-refractivity contribution in [2.75, 3.05) is 25.5 Å². The minimum atomic E-state index is 0.674. The molecule has 15 heavy (non-hydrogen) atoms. The fraction of sp³-hybridized carbons (Fsp3) is 0.583. The average Bonchev–Trinajstić information content (AvgIpc) is 2.63. The van der Waals surface area contributed by atoms with E-state index in [9.17, 15) is 0 Å². The Kier molecular flexibility index (Phi) is 3.21. The van der Waals surface area contributed by atoms with Crippen LogP contribution in [0.2, 0.25) is 0 Å². The summed E-state index contributed by atoms with van der Waals surface area (Å²) in [6.07, 6.45) is 4.53. The van der Waals surface area contributed by atoms with Crippen molar-refractivity contribution in [3.8, 4) is 0 Å². The maximum Gasteiger partial charge on any atom is 0.125 e. The molecule has 0 aromatic carbocycles. The molecular weight excluding hydrogens is 186 g/mol. The van der Waals surface area contributed by atoms with Crippen molar-refractivity contribution < 1.29 is 0 Å². The first-order valence-corrected chi connectivity index (χ1v) is 5.62. The molecule has 1 unspecified atom stereocenters. The first-order valence-electron chi connectivity index (χ1n) is 5.62. The van der Waals surface area contributed by atoms with Crippen molar-refractivity contribution in [1.82, 2.24) is 9.88 Å². The van der Waals surface area contributed by atoms with Crippen LogP contribution in [0.25, 0.3) is 0 Å². The van der Waals surface area contributed by atoms with Gasteiger partial charge in [0.25, 0.3) is 0 Å². The van der Waals surface area contributed by atoms with Crippen LogP contribution in [-0.4, -0.2) is 36.1 Å². The van der Waals surface area contributed by atoms with Crippen LogP contribution in [0.5, 0.6) is 0 Å². The van der Waals surface area contributed by atoms with E-state index in [0.717, 1.165) is 12.4 Å². The van der Waals surface area contributed by atoms with Gasteiger partial charge in [-0.3, -0.25) is 0 Å². The molecule has 1 saturated heterocycles. The lowest BCUT2D eigenvalue weighted by Crippen LogP contribution is -2.31. The third-order valence-electron chi connectivity index (χ3n) is 3.10. The SMILES string of the molecule is Cc1ccc(NCC2CCCN2C)nc1. The molecule has 2 rings (SSSR count). The fourth-order valence-electron chi connectivity index (χ4n) is 2.03. The van der Waals surface area contributed by atoms with Gasteiger partial charge in [0, 0.05) is 18.8 Å². The van der Waals surface area contributed by atoms with E-state index >= 15 is 0 Å². The molecule has 0 amide bonds. The van der Waals surface area contributed by atoms with Crippen molar-refractivity contribution in [2.45, 2.75) is 25.8 Å². The summed E-state index contributed by atoms with van der Waals surface area (Å²) in [7, 11) is 2.20. The van der Waals surface area contributed by atoms with Gasteiger partial charge in [-0.05, 0) is 45.0 Å². The molecule has 3 heteroatoms. The molecule has 82 valence electrons. The standard InChI is InChI=1S/C12H19N3/c1-10-5-6-12(13-8-10)14-9-11-4-3-7-15(11)2/h5-6,8,11H,3-4,7,9H2,1-2H3,(H,13,14). The summed E-state index contributed by atoms with van der Waals surface area (Å²) in [6, 6.07) is 4.81. The largest absolute Gasteiger partial charge is 0.369 e. The van der Waals surface area contributed by atoms with Crippen molar-refractivity contribution in [3.63, 3.8) is 0 Å². The second kappa shape index (κ2) is 4.62. The molecule has 1 atom stereocenters. The highest BCUT2D eigenvalue weighted by Gasteiger charge is 2.20. The van der Waals surface area contributed by atoms with Crippen LogP contribution in [0.1, 0.15) is 18.4 Å². The molecule has 1 aromatic heterocycles. The lowest BCUT2D eigenvalue weighted by atomic mass is 10.2. The predicted octanol–water partition coefficient (Wildman–Crippen LogP) is 1.90. The van der Waals surface area contributed by atoms with Crippen LogP contribution in [0, 0.1) is 6.92 Å². The van der Waals surface area contributed by atoms with Gasteiger partial charge in [0.05, 0.1) is 0 Å². The van der Waals surface area contributed by atoms with Crippen molar-refractivity contribution in [1.29, 1.82) is 0 Å². The lowest BCUT2D eigenvalue weighted by Gasteiger charge is -2.19. The minimum absolute atomic E-state index is 0.674. The van der Waals surface area contributed by atoms with Gasteiger partial charge in [0.1, 0.15) is 5.82 Å². The Morgan fingerprint density at radius 3 is 3.00 bits per heavy atom. The van der Waals surface area contributed by atoms with Crippen LogP contribution in [-0.2, 0) is 0 Å². The van der Waals surface area contributed by atoms with Crippen LogP contribution in [0.3, 0.4) is 0 Å². The highest BCUT2D eigenvalue weighted by atomic mass is 15.2.